The van der Waals surface area contributed by atoms with Crippen LogP contribution >= 0.6 is 0 Å². The van der Waals surface area contributed by atoms with Gasteiger partial charge in [0.25, 0.3) is 0 Å². The average Bonchev–Trinajstić information content (AvgIpc) is 1.40. The van der Waals surface area contributed by atoms with E-state index in [4.69, 9.17) is 42.2 Å². The molecule has 0 saturated carbocycles. The fourth-order valence-electron chi connectivity index (χ4n) is 20.4. The molecule has 29 aromatic rings. The van der Waals surface area contributed by atoms with Gasteiger partial charge in [-0.15, -0.1) is 0 Å². The molecule has 0 fully saturated rings. The summed E-state index contributed by atoms with van der Waals surface area (Å²) < 4.78 is 84.1. The van der Waals surface area contributed by atoms with Gasteiger partial charge >= 0.3 is 0 Å². The molecule has 0 spiro atoms. The number of fused-ring (bicyclic) bond motifs is 18. The Bertz CT molecular complexity index is 10600. The Morgan fingerprint density at radius 3 is 1.13 bits per heavy atom. The molecule has 0 radical (unpaired) electrons. The van der Waals surface area contributed by atoms with E-state index in [1.807, 2.05) is 59.2 Å². The predicted octanol–water partition coefficient (Wildman–Crippen LogP) is 33.2. The lowest BCUT2D eigenvalue weighted by molar-refractivity contribution is 1.07. The fraction of sp³-hybridized carbons (Fsp3) is 0. The summed E-state index contributed by atoms with van der Waals surface area (Å²) in [4.78, 5) is 39.7. The SMILES string of the molecule is [2H]c1c([2H])c([2H])c(-c2c([2H])c([2H])c(-c3nc(-n4c5ccc(-c6ccccc6)cc5c5cc6ccccc6cc54)c4cccnc4n3)c([2H])c2[2H])c([2H])c1[2H].c1ccc(-c2cccc3c2c2cc4ccccc4cc2n3-c2nc(-c3ccc(-c4cccc5ccccc45)cc3)nc3ccccc23)cc1.c1ccc2cc(-c3ccc4c(c3)c3cc5ccccc5cc3n4-c3nc(-c4ccc5ccccc5c4)nc4ncccc34)ccc2c1. The standard InChI is InChI=1S/C46H29N3.C43H26N4.C41H26N4/c1-2-12-31(13-3-1)38-21-11-23-42-44(38)40-28-34-15-4-5-16-35(34)29-43(40)49(42)46-39-19-8-9-22-41(39)47-45(48-46)33-26-24-32(25-27-33)37-20-10-17-30-14-6-7-18-36(30)37;1-3-10-29-22-33(17-15-27(29)8-1)34-19-20-39-37(25-34)38-24-31-12-5-6-13-32(31)26-40(38)47(39)43-36-14-7-21-44-42(36)45-41(46-43)35-18-16-28-9-2-4-11-30(28)23-35;1-3-10-27(11-4-1)29-17-19-30(20-18-29)39-43-40-34(16-9-23-42-40)41(44-39)45-37-22-21-33(28-12-5-2-6-13-28)25-35(37)36-24-31-14-7-8-15-32(31)26-38(36)45/h1-29H;1-26H;1-26H/i;;1D,3D,4D,10D,11D,17D,18D,19D,20D. The Labute approximate surface area is 822 Å². The van der Waals surface area contributed by atoms with Crippen LogP contribution in [0.15, 0.2) is 491 Å². The third-order valence-corrected chi connectivity index (χ3v) is 27.2. The molecule has 8 heterocycles. The van der Waals surface area contributed by atoms with E-state index in [1.54, 1.807) is 18.5 Å². The van der Waals surface area contributed by atoms with Crippen LogP contribution < -0.4 is 0 Å². The van der Waals surface area contributed by atoms with Crippen molar-refractivity contribution in [2.75, 3.05) is 0 Å². The van der Waals surface area contributed by atoms with Crippen LogP contribution in [0.1, 0.15) is 12.3 Å². The van der Waals surface area contributed by atoms with Crippen molar-refractivity contribution in [1.29, 1.82) is 0 Å². The van der Waals surface area contributed by atoms with Gasteiger partial charge in [-0.2, -0.15) is 0 Å². The van der Waals surface area contributed by atoms with E-state index in [9.17, 15) is 0 Å². The number of benzene rings is 21. The van der Waals surface area contributed by atoms with Gasteiger partial charge in [0.05, 0.1) is 61.7 Å². The molecule has 11 nitrogen and oxygen atoms in total. The van der Waals surface area contributed by atoms with Gasteiger partial charge < -0.3 is 0 Å². The lowest BCUT2D eigenvalue weighted by Crippen LogP contribution is -2.03. The normalized spacial score (nSPS) is 12.6. The zero-order valence-electron chi connectivity index (χ0n) is 84.5. The summed E-state index contributed by atoms with van der Waals surface area (Å²) >= 11 is 0. The van der Waals surface area contributed by atoms with E-state index in [1.165, 1.54) is 103 Å². The van der Waals surface area contributed by atoms with Crippen LogP contribution in [-0.2, 0) is 0 Å². The molecule has 8 aromatic heterocycles. The molecule has 0 aliphatic rings. The molecule has 0 aliphatic heterocycles. The quantitative estimate of drug-likeness (QED) is 0.126. The Hall–Kier alpha value is -19.1. The topological polar surface area (TPSA) is 118 Å². The maximum atomic E-state index is 9.11. The molecular weight excluding hydrogens is 1720 g/mol. The van der Waals surface area contributed by atoms with Crippen LogP contribution in [-0.4, -0.2) is 53.6 Å². The highest BCUT2D eigenvalue weighted by atomic mass is 15.1. The van der Waals surface area contributed by atoms with Crippen molar-refractivity contribution in [2.45, 2.75) is 0 Å². The van der Waals surface area contributed by atoms with E-state index in [-0.39, 0.29) is 17.0 Å². The van der Waals surface area contributed by atoms with Crippen LogP contribution in [0.5, 0.6) is 0 Å². The van der Waals surface area contributed by atoms with E-state index >= 15 is 0 Å². The molecule has 21 aromatic carbocycles. The van der Waals surface area contributed by atoms with Gasteiger partial charge in [0.1, 0.15) is 5.82 Å². The largest absolute Gasteiger partial charge is 0.293 e. The summed E-state index contributed by atoms with van der Waals surface area (Å²) in [5.74, 6) is 3.35. The first-order valence-corrected chi connectivity index (χ1v) is 46.9. The van der Waals surface area contributed by atoms with Crippen molar-refractivity contribution in [3.8, 4) is 107 Å². The molecular formula is C130H81N11. The second-order valence-corrected chi connectivity index (χ2v) is 35.4. The third kappa shape index (κ3) is 14.5. The van der Waals surface area contributed by atoms with Gasteiger partial charge in [-0.1, -0.05) is 364 Å². The second kappa shape index (κ2) is 34.1. The molecule has 656 valence electrons. The minimum Gasteiger partial charge on any atom is -0.293 e. The van der Waals surface area contributed by atoms with E-state index in [0.29, 0.717) is 28.5 Å². The highest BCUT2D eigenvalue weighted by Crippen LogP contribution is 2.46. The summed E-state index contributed by atoms with van der Waals surface area (Å²) in [5.41, 5.74) is 18.1. The molecule has 0 aliphatic carbocycles. The number of pyridine rings is 2. The number of hydrogen-bond acceptors (Lipinski definition) is 8. The van der Waals surface area contributed by atoms with Crippen molar-refractivity contribution in [3.63, 3.8) is 0 Å². The molecule has 0 unspecified atom stereocenters. The predicted molar refractivity (Wildman–Crippen MR) is 586 cm³/mol. The Balaban J connectivity index is 0.000000111. The number of rotatable bonds is 11. The Morgan fingerprint density at radius 1 is 0.177 bits per heavy atom. The van der Waals surface area contributed by atoms with E-state index in [0.717, 1.165) is 110 Å². The highest BCUT2D eigenvalue weighted by molar-refractivity contribution is 6.21. The molecule has 0 saturated heterocycles. The van der Waals surface area contributed by atoms with Gasteiger partial charge in [-0.05, 0) is 236 Å². The number of aromatic nitrogens is 11. The monoisotopic (exact) mass is 1800 g/mol. The number of para-hydroxylation sites is 1. The first-order valence-electron chi connectivity index (χ1n) is 51.4. The maximum Gasteiger partial charge on any atom is 0.165 e. The zero-order chi connectivity index (χ0) is 101. The maximum absolute atomic E-state index is 9.11. The zero-order valence-corrected chi connectivity index (χ0v) is 75.5. The molecule has 0 N–H and O–H groups in total. The summed E-state index contributed by atoms with van der Waals surface area (Å²) in [6.07, 6.45) is 3.38. The lowest BCUT2D eigenvalue weighted by Gasteiger charge is -2.13. The van der Waals surface area contributed by atoms with Crippen molar-refractivity contribution >= 4 is 163 Å². The fourth-order valence-corrected chi connectivity index (χ4v) is 20.4. The van der Waals surface area contributed by atoms with Crippen molar-refractivity contribution in [2.24, 2.45) is 0 Å². The van der Waals surface area contributed by atoms with Crippen molar-refractivity contribution < 1.29 is 12.3 Å². The molecule has 141 heavy (non-hydrogen) atoms. The van der Waals surface area contributed by atoms with Crippen LogP contribution in [0.2, 0.25) is 0 Å². The number of nitrogens with zero attached hydrogens (tertiary/aromatic N) is 11. The van der Waals surface area contributed by atoms with Gasteiger partial charge in [0, 0.05) is 66.8 Å². The van der Waals surface area contributed by atoms with Crippen LogP contribution in [0.25, 0.3) is 270 Å². The molecule has 11 heteroatoms. The first-order chi connectivity index (χ1) is 73.6. The van der Waals surface area contributed by atoms with E-state index in [2.05, 4.69) is 383 Å². The minimum atomic E-state index is -0.643. The lowest BCUT2D eigenvalue weighted by atomic mass is 9.97. The molecule has 0 amide bonds. The van der Waals surface area contributed by atoms with Crippen molar-refractivity contribution in [1.82, 2.24) is 53.6 Å². The first kappa shape index (κ1) is 72.4. The Morgan fingerprint density at radius 2 is 0.546 bits per heavy atom. The average molecular weight is 1810 g/mol. The second-order valence-electron chi connectivity index (χ2n) is 35.4. The summed E-state index contributed by atoms with van der Waals surface area (Å²) in [5, 5.41) is 23.4. The van der Waals surface area contributed by atoms with Crippen LogP contribution in [0.3, 0.4) is 0 Å². The third-order valence-electron chi connectivity index (χ3n) is 27.2. The Kier molecular flexibility index (Phi) is 17.5. The minimum absolute atomic E-state index is 0.113. The molecule has 0 atom stereocenters. The molecule has 0 bridgehead atoms. The van der Waals surface area contributed by atoms with Gasteiger partial charge in [-0.25, -0.2) is 39.9 Å². The van der Waals surface area contributed by atoms with Crippen molar-refractivity contribution in [3.05, 3.63) is 491 Å². The molecule has 29 rings (SSSR count). The highest BCUT2D eigenvalue weighted by Gasteiger charge is 2.26. The van der Waals surface area contributed by atoms with Gasteiger partial charge in [-0.3, -0.25) is 13.7 Å². The van der Waals surface area contributed by atoms with Gasteiger partial charge in [0.15, 0.2) is 40.4 Å². The number of hydrogen-bond donors (Lipinski definition) is 0. The summed E-state index contributed by atoms with van der Waals surface area (Å²) in [6.45, 7) is 0. The van der Waals surface area contributed by atoms with Crippen LogP contribution in [0.4, 0.5) is 0 Å². The summed E-state index contributed by atoms with van der Waals surface area (Å²) in [7, 11) is 0. The summed E-state index contributed by atoms with van der Waals surface area (Å²) in [6, 6.07) is 144. The smallest absolute Gasteiger partial charge is 0.165 e. The van der Waals surface area contributed by atoms with Crippen LogP contribution in [0, 0.1) is 0 Å². The van der Waals surface area contributed by atoms with Gasteiger partial charge in [0.2, 0.25) is 0 Å². The van der Waals surface area contributed by atoms with E-state index < -0.39 is 65.5 Å².